The third-order valence-corrected chi connectivity index (χ3v) is 4.84. The molecule has 0 aromatic carbocycles. The third kappa shape index (κ3) is 2.13. The van der Waals surface area contributed by atoms with Crippen LogP contribution < -0.4 is 0 Å². The van der Waals surface area contributed by atoms with Gasteiger partial charge in [-0.25, -0.2) is 0 Å². The van der Waals surface area contributed by atoms with E-state index in [-0.39, 0.29) is 5.92 Å². The summed E-state index contributed by atoms with van der Waals surface area (Å²) in [5.74, 6) is 3.30. The molecule has 3 fully saturated rings. The monoisotopic (exact) mass is 261 g/mol. The van der Waals surface area contributed by atoms with Crippen molar-refractivity contribution < 1.29 is 4.79 Å². The Labute approximate surface area is 111 Å². The summed E-state index contributed by atoms with van der Waals surface area (Å²) in [6.45, 7) is 1.67. The maximum Gasteiger partial charge on any atom is 0.226 e. The molecule has 1 N–H and O–H groups in total. The van der Waals surface area contributed by atoms with Crippen molar-refractivity contribution in [2.24, 2.45) is 17.8 Å². The van der Waals surface area contributed by atoms with Crippen LogP contribution in [0.5, 0.6) is 0 Å². The van der Waals surface area contributed by atoms with E-state index in [1.807, 2.05) is 4.90 Å². The van der Waals surface area contributed by atoms with Crippen LogP contribution in [-0.4, -0.2) is 44.5 Å². The number of aromatic amines is 1. The van der Waals surface area contributed by atoms with Crippen molar-refractivity contribution in [2.45, 2.75) is 38.0 Å². The number of aromatic nitrogens is 4. The van der Waals surface area contributed by atoms with Gasteiger partial charge in [0.1, 0.15) is 0 Å². The molecule has 1 saturated heterocycles. The average Bonchev–Trinajstić information content (AvgIpc) is 3.35. The fourth-order valence-corrected chi connectivity index (χ4v) is 3.51. The first-order valence-corrected chi connectivity index (χ1v) is 7.35. The quantitative estimate of drug-likeness (QED) is 0.879. The van der Waals surface area contributed by atoms with Crippen molar-refractivity contribution in [2.75, 3.05) is 13.1 Å². The zero-order valence-corrected chi connectivity index (χ0v) is 11.0. The molecule has 1 aromatic rings. The molecule has 2 heterocycles. The molecule has 1 aromatic heterocycles. The molecular formula is C13H19N5O. The summed E-state index contributed by atoms with van der Waals surface area (Å²) in [5, 5.41) is 14.2. The van der Waals surface area contributed by atoms with E-state index in [0.717, 1.165) is 44.1 Å². The van der Waals surface area contributed by atoms with E-state index >= 15 is 0 Å². The molecule has 3 aliphatic rings. The Bertz CT molecular complexity index is 469. The summed E-state index contributed by atoms with van der Waals surface area (Å²) in [4.78, 5) is 14.5. The Kier molecular flexibility index (Phi) is 2.56. The van der Waals surface area contributed by atoms with E-state index in [4.69, 9.17) is 0 Å². The standard InChI is InChI=1S/C13H19N5O/c19-13(11-6-10(11)8-3-4-8)18-5-1-2-9(7-18)12-14-16-17-15-12/h8-11H,1-7H2,(H,14,15,16,17)/t9-,10-,11-/m1/s1. The van der Waals surface area contributed by atoms with Crippen molar-refractivity contribution >= 4 is 5.91 Å². The minimum absolute atomic E-state index is 0.259. The van der Waals surface area contributed by atoms with E-state index < -0.39 is 0 Å². The Morgan fingerprint density at radius 2 is 2.21 bits per heavy atom. The van der Waals surface area contributed by atoms with Crippen LogP contribution in [0.25, 0.3) is 0 Å². The van der Waals surface area contributed by atoms with Crippen LogP contribution in [0.4, 0.5) is 0 Å². The van der Waals surface area contributed by atoms with E-state index in [1.54, 1.807) is 0 Å². The van der Waals surface area contributed by atoms with Crippen LogP contribution in [0.3, 0.4) is 0 Å². The molecule has 19 heavy (non-hydrogen) atoms. The van der Waals surface area contributed by atoms with Crippen molar-refractivity contribution in [3.63, 3.8) is 0 Å². The van der Waals surface area contributed by atoms with Crippen molar-refractivity contribution in [3.8, 4) is 0 Å². The van der Waals surface area contributed by atoms with Gasteiger partial charge < -0.3 is 4.90 Å². The summed E-state index contributed by atoms with van der Waals surface area (Å²) in [5.41, 5.74) is 0. The van der Waals surface area contributed by atoms with Gasteiger partial charge in [0.25, 0.3) is 0 Å². The number of piperidine rings is 1. The molecule has 2 aliphatic carbocycles. The molecule has 0 radical (unpaired) electrons. The zero-order chi connectivity index (χ0) is 12.8. The van der Waals surface area contributed by atoms with Crippen LogP contribution >= 0.6 is 0 Å². The second-order valence-electron chi connectivity index (χ2n) is 6.24. The van der Waals surface area contributed by atoms with E-state index in [9.17, 15) is 4.79 Å². The summed E-state index contributed by atoms with van der Waals surface area (Å²) < 4.78 is 0. The van der Waals surface area contributed by atoms with E-state index in [1.165, 1.54) is 12.8 Å². The van der Waals surface area contributed by atoms with Gasteiger partial charge in [-0.2, -0.15) is 5.21 Å². The molecule has 0 unspecified atom stereocenters. The number of likely N-dealkylation sites (tertiary alicyclic amines) is 1. The molecule has 2 saturated carbocycles. The minimum atomic E-state index is 0.259. The third-order valence-electron chi connectivity index (χ3n) is 4.84. The van der Waals surface area contributed by atoms with Crippen molar-refractivity contribution in [1.82, 2.24) is 25.5 Å². The van der Waals surface area contributed by atoms with Crippen LogP contribution in [0.1, 0.15) is 43.8 Å². The molecule has 6 heteroatoms. The number of hydrogen-bond donors (Lipinski definition) is 1. The lowest BCUT2D eigenvalue weighted by atomic mass is 9.97. The number of nitrogens with one attached hydrogen (secondary N) is 1. The van der Waals surface area contributed by atoms with Crippen LogP contribution in [-0.2, 0) is 4.79 Å². The second-order valence-corrected chi connectivity index (χ2v) is 6.24. The highest BCUT2D eigenvalue weighted by atomic mass is 16.2. The summed E-state index contributed by atoms with van der Waals surface area (Å²) in [7, 11) is 0. The van der Waals surface area contributed by atoms with E-state index in [0.29, 0.717) is 17.7 Å². The normalized spacial score (nSPS) is 34.3. The predicted molar refractivity (Wildman–Crippen MR) is 67.1 cm³/mol. The van der Waals surface area contributed by atoms with Gasteiger partial charge in [-0.05, 0) is 43.9 Å². The smallest absolute Gasteiger partial charge is 0.226 e. The van der Waals surface area contributed by atoms with Crippen molar-refractivity contribution in [1.29, 1.82) is 0 Å². The van der Waals surface area contributed by atoms with Gasteiger partial charge >= 0.3 is 0 Å². The molecule has 3 atom stereocenters. The lowest BCUT2D eigenvalue weighted by Gasteiger charge is -2.31. The summed E-state index contributed by atoms with van der Waals surface area (Å²) in [6, 6.07) is 0. The zero-order valence-electron chi connectivity index (χ0n) is 11.0. The molecule has 6 nitrogen and oxygen atoms in total. The average molecular weight is 261 g/mol. The van der Waals surface area contributed by atoms with E-state index in [2.05, 4.69) is 20.6 Å². The Hall–Kier alpha value is -1.46. The topological polar surface area (TPSA) is 74.8 Å². The molecule has 102 valence electrons. The Morgan fingerprint density at radius 1 is 1.32 bits per heavy atom. The molecule has 1 aliphatic heterocycles. The fourth-order valence-electron chi connectivity index (χ4n) is 3.51. The highest BCUT2D eigenvalue weighted by molar-refractivity contribution is 5.82. The first-order chi connectivity index (χ1) is 9.33. The minimum Gasteiger partial charge on any atom is -0.342 e. The predicted octanol–water partition coefficient (Wildman–Crippen LogP) is 0.952. The van der Waals surface area contributed by atoms with Crippen molar-refractivity contribution in [3.05, 3.63) is 5.82 Å². The number of carbonyl (C=O) groups excluding carboxylic acids is 1. The summed E-state index contributed by atoms with van der Waals surface area (Å²) in [6.07, 6.45) is 5.93. The molecule has 4 rings (SSSR count). The first kappa shape index (κ1) is 11.4. The number of amides is 1. The maximum atomic E-state index is 12.5. The van der Waals surface area contributed by atoms with Crippen LogP contribution in [0.2, 0.25) is 0 Å². The van der Waals surface area contributed by atoms with Crippen LogP contribution in [0, 0.1) is 17.8 Å². The molecular weight excluding hydrogens is 242 g/mol. The van der Waals surface area contributed by atoms with Gasteiger partial charge in [0.05, 0.1) is 0 Å². The summed E-state index contributed by atoms with van der Waals surface area (Å²) >= 11 is 0. The van der Waals surface area contributed by atoms with Gasteiger partial charge in [-0.3, -0.25) is 4.79 Å². The van der Waals surface area contributed by atoms with Gasteiger partial charge in [-0.15, -0.1) is 10.2 Å². The Morgan fingerprint density at radius 3 is 2.95 bits per heavy atom. The molecule has 1 amide bonds. The largest absolute Gasteiger partial charge is 0.342 e. The lowest BCUT2D eigenvalue weighted by molar-refractivity contribution is -0.134. The highest BCUT2D eigenvalue weighted by Gasteiger charge is 2.52. The Balaban J connectivity index is 1.39. The van der Waals surface area contributed by atoms with Gasteiger partial charge in [-0.1, -0.05) is 5.21 Å². The second kappa shape index (κ2) is 4.28. The van der Waals surface area contributed by atoms with Crippen LogP contribution in [0.15, 0.2) is 0 Å². The number of nitrogens with zero attached hydrogens (tertiary/aromatic N) is 4. The number of tetrazole rings is 1. The van der Waals surface area contributed by atoms with Gasteiger partial charge in [0, 0.05) is 24.9 Å². The molecule has 0 bridgehead atoms. The first-order valence-electron chi connectivity index (χ1n) is 7.35. The number of H-pyrrole nitrogens is 1. The molecule has 0 spiro atoms. The van der Waals surface area contributed by atoms with Gasteiger partial charge in [0.2, 0.25) is 5.91 Å². The fraction of sp³-hybridized carbons (Fsp3) is 0.846. The SMILES string of the molecule is O=C([C@@H]1C[C@@H]1C1CC1)N1CCC[C@@H](c2nn[nH]n2)C1. The lowest BCUT2D eigenvalue weighted by Crippen LogP contribution is -2.40. The highest BCUT2D eigenvalue weighted by Crippen LogP contribution is 2.55. The number of rotatable bonds is 3. The van der Waals surface area contributed by atoms with Gasteiger partial charge in [0.15, 0.2) is 5.82 Å². The number of carbonyl (C=O) groups is 1. The maximum absolute atomic E-state index is 12.5. The number of hydrogen-bond acceptors (Lipinski definition) is 4.